The minimum absolute atomic E-state index is 0. The van der Waals surface area contributed by atoms with Crippen molar-refractivity contribution in [2.75, 3.05) is 26.3 Å². The number of hydrogen-bond donors (Lipinski definition) is 4. The third kappa shape index (κ3) is 9.26. The third-order valence-corrected chi connectivity index (χ3v) is 2.42. The van der Waals surface area contributed by atoms with Crippen LogP contribution < -0.4 is 10.6 Å². The predicted molar refractivity (Wildman–Crippen MR) is 68.7 cm³/mol. The zero-order chi connectivity index (χ0) is 10.8. The smallest absolute Gasteiger partial charge is 0.0584 e. The van der Waals surface area contributed by atoms with Gasteiger partial charge in [0.15, 0.2) is 0 Å². The molecule has 0 aliphatic heterocycles. The summed E-state index contributed by atoms with van der Waals surface area (Å²) in [6.45, 7) is 6.13. The van der Waals surface area contributed by atoms with Crippen molar-refractivity contribution in [2.24, 2.45) is 0 Å². The Morgan fingerprint density at radius 2 is 1.20 bits per heavy atom. The largest absolute Gasteiger partial charge is 0.395 e. The van der Waals surface area contributed by atoms with Crippen molar-refractivity contribution in [3.8, 4) is 0 Å². The molecule has 0 rings (SSSR count). The van der Waals surface area contributed by atoms with Crippen LogP contribution >= 0.6 is 17.0 Å². The Morgan fingerprint density at radius 1 is 0.867 bits per heavy atom. The number of hydrogen-bond acceptors (Lipinski definition) is 4. The second-order valence-corrected chi connectivity index (χ2v) is 3.48. The molecule has 4 nitrogen and oxygen atoms in total. The van der Waals surface area contributed by atoms with E-state index >= 15 is 0 Å². The summed E-state index contributed by atoms with van der Waals surface area (Å²) in [5.41, 5.74) is 0. The molecule has 94 valence electrons. The Labute approximate surface area is 103 Å². The molecule has 0 radical (unpaired) electrons. The fraction of sp³-hybridized carbons (Fsp3) is 1.00. The Balaban J connectivity index is 0. The van der Waals surface area contributed by atoms with Gasteiger partial charge in [0, 0.05) is 25.2 Å². The first-order chi connectivity index (χ1) is 6.78. The fourth-order valence-corrected chi connectivity index (χ4v) is 1.23. The topological polar surface area (TPSA) is 64.5 Å². The van der Waals surface area contributed by atoms with E-state index in [9.17, 15) is 0 Å². The molecule has 0 bridgehead atoms. The van der Waals surface area contributed by atoms with Gasteiger partial charge in [-0.15, -0.1) is 17.0 Å². The van der Waals surface area contributed by atoms with Gasteiger partial charge in [-0.3, -0.25) is 0 Å². The first kappa shape index (κ1) is 17.7. The molecule has 0 aliphatic carbocycles. The van der Waals surface area contributed by atoms with Crippen molar-refractivity contribution in [2.45, 2.75) is 38.8 Å². The highest BCUT2D eigenvalue weighted by Gasteiger charge is 2.04. The van der Waals surface area contributed by atoms with Gasteiger partial charge in [-0.25, -0.2) is 0 Å². The van der Waals surface area contributed by atoms with Gasteiger partial charge in [-0.2, -0.15) is 0 Å². The summed E-state index contributed by atoms with van der Waals surface area (Å²) >= 11 is 0. The number of nitrogens with one attached hydrogen (secondary N) is 2. The maximum absolute atomic E-state index is 8.90. The first-order valence-corrected chi connectivity index (χ1v) is 5.46. The summed E-state index contributed by atoms with van der Waals surface area (Å²) in [6.07, 6.45) is 1.88. The zero-order valence-corrected chi connectivity index (χ0v) is 11.4. The molecule has 0 aromatic rings. The molecule has 0 aromatic carbocycles. The molecule has 0 aliphatic rings. The minimum atomic E-state index is 0. The van der Waals surface area contributed by atoms with Crippen molar-refractivity contribution in [1.82, 2.24) is 10.6 Å². The quantitative estimate of drug-likeness (QED) is 0.460. The van der Waals surface area contributed by atoms with Crippen molar-refractivity contribution in [1.29, 1.82) is 0 Å². The second-order valence-electron chi connectivity index (χ2n) is 3.48. The number of aliphatic hydroxyl groups excluding tert-OH is 2. The van der Waals surface area contributed by atoms with E-state index in [0.29, 0.717) is 0 Å². The fourth-order valence-electron chi connectivity index (χ4n) is 1.23. The van der Waals surface area contributed by atoms with E-state index < -0.39 is 0 Å². The Kier molecular flexibility index (Phi) is 14.6. The lowest BCUT2D eigenvalue weighted by molar-refractivity contribution is 0.229. The van der Waals surface area contributed by atoms with Gasteiger partial charge in [-0.05, 0) is 12.8 Å². The molecule has 0 unspecified atom stereocenters. The van der Waals surface area contributed by atoms with Crippen LogP contribution in [0.5, 0.6) is 0 Å². The van der Waals surface area contributed by atoms with Gasteiger partial charge >= 0.3 is 0 Å². The highest BCUT2D eigenvalue weighted by Crippen LogP contribution is 1.89. The maximum atomic E-state index is 8.90. The standard InChI is InChI=1S/C10H24N2O2.BrH/c1-3-9(7-13)11-5-6-12-10(4-2)8-14;/h9-14H,3-8H2,1-2H3;1H/t9-,10-;/m0./s1. The Bertz CT molecular complexity index is 106. The van der Waals surface area contributed by atoms with Crippen LogP contribution in [0, 0.1) is 0 Å². The van der Waals surface area contributed by atoms with Crippen molar-refractivity contribution in [3.05, 3.63) is 0 Å². The maximum Gasteiger partial charge on any atom is 0.0584 e. The monoisotopic (exact) mass is 284 g/mol. The number of aliphatic hydroxyl groups is 2. The van der Waals surface area contributed by atoms with Gasteiger partial charge in [0.25, 0.3) is 0 Å². The van der Waals surface area contributed by atoms with Crippen LogP contribution in [0.2, 0.25) is 0 Å². The molecule has 0 heterocycles. The van der Waals surface area contributed by atoms with Crippen molar-refractivity contribution < 1.29 is 10.2 Å². The molecule has 0 amide bonds. The van der Waals surface area contributed by atoms with E-state index in [0.717, 1.165) is 25.9 Å². The molecular formula is C10H25BrN2O2. The Hall–Kier alpha value is 0.320. The first-order valence-electron chi connectivity index (χ1n) is 5.46. The lowest BCUT2D eigenvalue weighted by Gasteiger charge is -2.17. The summed E-state index contributed by atoms with van der Waals surface area (Å²) in [4.78, 5) is 0. The second kappa shape index (κ2) is 12.4. The number of halogens is 1. The average Bonchev–Trinajstić information content (AvgIpc) is 2.24. The summed E-state index contributed by atoms with van der Waals surface area (Å²) in [6, 6.07) is 0.400. The molecule has 0 fully saturated rings. The zero-order valence-electron chi connectivity index (χ0n) is 9.70. The van der Waals surface area contributed by atoms with E-state index in [1.165, 1.54) is 0 Å². The summed E-state index contributed by atoms with van der Waals surface area (Å²) < 4.78 is 0. The number of rotatable bonds is 9. The van der Waals surface area contributed by atoms with Crippen molar-refractivity contribution >= 4 is 17.0 Å². The molecule has 5 heteroatoms. The minimum Gasteiger partial charge on any atom is -0.395 e. The van der Waals surface area contributed by atoms with Gasteiger partial charge < -0.3 is 20.8 Å². The van der Waals surface area contributed by atoms with Gasteiger partial charge in [0.1, 0.15) is 0 Å². The lowest BCUT2D eigenvalue weighted by Crippen LogP contribution is -2.40. The molecule has 0 saturated carbocycles. The predicted octanol–water partition coefficient (Wildman–Crippen LogP) is 0.285. The molecular weight excluding hydrogens is 260 g/mol. The molecule has 0 aromatic heterocycles. The molecule has 2 atom stereocenters. The van der Waals surface area contributed by atoms with Crippen LogP contribution in [-0.4, -0.2) is 48.6 Å². The van der Waals surface area contributed by atoms with Crippen LogP contribution in [0.3, 0.4) is 0 Å². The molecule has 0 spiro atoms. The van der Waals surface area contributed by atoms with Crippen LogP contribution in [0.25, 0.3) is 0 Å². The lowest BCUT2D eigenvalue weighted by atomic mass is 10.2. The van der Waals surface area contributed by atoms with E-state index in [4.69, 9.17) is 10.2 Å². The van der Waals surface area contributed by atoms with E-state index in [-0.39, 0.29) is 42.3 Å². The summed E-state index contributed by atoms with van der Waals surface area (Å²) in [7, 11) is 0. The summed E-state index contributed by atoms with van der Waals surface area (Å²) in [5.74, 6) is 0. The van der Waals surface area contributed by atoms with Crippen LogP contribution in [0.4, 0.5) is 0 Å². The third-order valence-electron chi connectivity index (χ3n) is 2.42. The van der Waals surface area contributed by atoms with E-state index in [1.807, 2.05) is 13.8 Å². The normalized spacial score (nSPS) is 14.4. The highest BCUT2D eigenvalue weighted by atomic mass is 79.9. The van der Waals surface area contributed by atoms with Crippen molar-refractivity contribution in [3.63, 3.8) is 0 Å². The van der Waals surface area contributed by atoms with E-state index in [2.05, 4.69) is 10.6 Å². The summed E-state index contributed by atoms with van der Waals surface area (Å²) in [5, 5.41) is 24.3. The van der Waals surface area contributed by atoms with Gasteiger partial charge in [0.05, 0.1) is 13.2 Å². The van der Waals surface area contributed by atoms with Crippen LogP contribution in [0.1, 0.15) is 26.7 Å². The van der Waals surface area contributed by atoms with Gasteiger partial charge in [0.2, 0.25) is 0 Å². The molecule has 15 heavy (non-hydrogen) atoms. The van der Waals surface area contributed by atoms with Crippen LogP contribution in [0.15, 0.2) is 0 Å². The van der Waals surface area contributed by atoms with Gasteiger partial charge in [-0.1, -0.05) is 13.8 Å². The van der Waals surface area contributed by atoms with Crippen LogP contribution in [-0.2, 0) is 0 Å². The average molecular weight is 285 g/mol. The Morgan fingerprint density at radius 3 is 1.40 bits per heavy atom. The molecule has 0 saturated heterocycles. The SMILES string of the molecule is Br.CC[C@@H](CO)NCCN[C@@H](CC)CO. The van der Waals surface area contributed by atoms with E-state index in [1.54, 1.807) is 0 Å². The highest BCUT2D eigenvalue weighted by molar-refractivity contribution is 8.93. The molecule has 4 N–H and O–H groups in total.